The van der Waals surface area contributed by atoms with Crippen molar-refractivity contribution in [2.75, 3.05) is 12.5 Å². The zero-order valence-electron chi connectivity index (χ0n) is 6.10. The standard InChI is InChI=1S/C7H9BrN2O/c1-11-6-4-2-3-5(8)7(6)10-9/h2-4,10H,9H2,1H3. The maximum atomic E-state index is 5.27. The summed E-state index contributed by atoms with van der Waals surface area (Å²) in [6.45, 7) is 0. The molecule has 0 atom stereocenters. The molecule has 1 aromatic rings. The zero-order chi connectivity index (χ0) is 8.27. The number of benzene rings is 1. The molecule has 0 spiro atoms. The summed E-state index contributed by atoms with van der Waals surface area (Å²) >= 11 is 3.33. The predicted octanol–water partition coefficient (Wildman–Crippen LogP) is 1.74. The van der Waals surface area contributed by atoms with Gasteiger partial charge in [0, 0.05) is 4.47 Å². The van der Waals surface area contributed by atoms with E-state index in [1.807, 2.05) is 18.2 Å². The van der Waals surface area contributed by atoms with E-state index in [9.17, 15) is 0 Å². The number of hydrazine groups is 1. The molecule has 3 nitrogen and oxygen atoms in total. The predicted molar refractivity (Wildman–Crippen MR) is 48.5 cm³/mol. The second-order valence-corrected chi connectivity index (χ2v) is 2.82. The van der Waals surface area contributed by atoms with E-state index >= 15 is 0 Å². The smallest absolute Gasteiger partial charge is 0.144 e. The van der Waals surface area contributed by atoms with Crippen molar-refractivity contribution >= 4 is 21.6 Å². The van der Waals surface area contributed by atoms with E-state index in [0.29, 0.717) is 0 Å². The molecule has 3 N–H and O–H groups in total. The van der Waals surface area contributed by atoms with Gasteiger partial charge in [0.2, 0.25) is 0 Å². The van der Waals surface area contributed by atoms with Crippen LogP contribution in [-0.2, 0) is 0 Å². The number of hydrogen-bond acceptors (Lipinski definition) is 3. The molecule has 0 aliphatic carbocycles. The third-order valence-electron chi connectivity index (χ3n) is 1.34. The summed E-state index contributed by atoms with van der Waals surface area (Å²) in [7, 11) is 1.60. The minimum absolute atomic E-state index is 0.724. The summed E-state index contributed by atoms with van der Waals surface area (Å²) in [5, 5.41) is 0. The highest BCUT2D eigenvalue weighted by molar-refractivity contribution is 9.10. The van der Waals surface area contributed by atoms with Crippen LogP contribution in [-0.4, -0.2) is 7.11 Å². The van der Waals surface area contributed by atoms with Crippen molar-refractivity contribution in [3.8, 4) is 5.75 Å². The average Bonchev–Trinajstić information content (AvgIpc) is 2.04. The molecule has 1 rings (SSSR count). The van der Waals surface area contributed by atoms with Gasteiger partial charge in [-0.05, 0) is 28.1 Å². The van der Waals surface area contributed by atoms with Crippen molar-refractivity contribution in [2.24, 2.45) is 5.84 Å². The van der Waals surface area contributed by atoms with Gasteiger partial charge in [-0.3, -0.25) is 5.84 Å². The SMILES string of the molecule is COc1cccc(Br)c1NN. The molecule has 0 aromatic heterocycles. The van der Waals surface area contributed by atoms with Crippen molar-refractivity contribution < 1.29 is 4.74 Å². The van der Waals surface area contributed by atoms with Crippen molar-refractivity contribution in [1.82, 2.24) is 0 Å². The molecular formula is C7H9BrN2O. The van der Waals surface area contributed by atoms with Gasteiger partial charge >= 0.3 is 0 Å². The van der Waals surface area contributed by atoms with Crippen LogP contribution >= 0.6 is 15.9 Å². The van der Waals surface area contributed by atoms with Crippen molar-refractivity contribution in [3.05, 3.63) is 22.7 Å². The van der Waals surface area contributed by atoms with Crippen molar-refractivity contribution in [1.29, 1.82) is 0 Å². The van der Waals surface area contributed by atoms with Gasteiger partial charge in [0.25, 0.3) is 0 Å². The van der Waals surface area contributed by atoms with Gasteiger partial charge < -0.3 is 10.2 Å². The van der Waals surface area contributed by atoms with Crippen LogP contribution < -0.4 is 16.0 Å². The Hall–Kier alpha value is -0.740. The van der Waals surface area contributed by atoms with Gasteiger partial charge in [-0.2, -0.15) is 0 Å². The van der Waals surface area contributed by atoms with E-state index < -0.39 is 0 Å². The highest BCUT2D eigenvalue weighted by atomic mass is 79.9. The minimum Gasteiger partial charge on any atom is -0.494 e. The number of nitrogen functional groups attached to an aromatic ring is 1. The number of hydrogen-bond donors (Lipinski definition) is 2. The Kier molecular flexibility index (Phi) is 2.73. The first-order valence-electron chi connectivity index (χ1n) is 3.08. The average molecular weight is 217 g/mol. The maximum Gasteiger partial charge on any atom is 0.144 e. The number of nitrogens with two attached hydrogens (primary N) is 1. The van der Waals surface area contributed by atoms with Crippen LogP contribution in [0.3, 0.4) is 0 Å². The largest absolute Gasteiger partial charge is 0.494 e. The van der Waals surface area contributed by atoms with E-state index in [1.54, 1.807) is 7.11 Å². The van der Waals surface area contributed by atoms with Gasteiger partial charge in [0.05, 0.1) is 7.11 Å². The lowest BCUT2D eigenvalue weighted by molar-refractivity contribution is 0.416. The van der Waals surface area contributed by atoms with E-state index in [4.69, 9.17) is 10.6 Å². The summed E-state index contributed by atoms with van der Waals surface area (Å²) in [5.74, 6) is 5.99. The van der Waals surface area contributed by atoms with Gasteiger partial charge in [-0.1, -0.05) is 6.07 Å². The Morgan fingerprint density at radius 3 is 2.73 bits per heavy atom. The molecule has 0 heterocycles. The molecule has 60 valence electrons. The van der Waals surface area contributed by atoms with Gasteiger partial charge in [-0.25, -0.2) is 0 Å². The molecule has 0 bridgehead atoms. The van der Waals surface area contributed by atoms with Crippen LogP contribution in [0.15, 0.2) is 22.7 Å². The third-order valence-corrected chi connectivity index (χ3v) is 2.00. The monoisotopic (exact) mass is 216 g/mol. The molecule has 1 aromatic carbocycles. The number of para-hydroxylation sites is 1. The molecule has 0 saturated heterocycles. The zero-order valence-corrected chi connectivity index (χ0v) is 7.68. The molecule has 4 heteroatoms. The Balaban J connectivity index is 3.13. The number of halogens is 1. The lowest BCUT2D eigenvalue weighted by Gasteiger charge is -2.08. The van der Waals surface area contributed by atoms with E-state index in [0.717, 1.165) is 15.9 Å². The van der Waals surface area contributed by atoms with E-state index in [-0.39, 0.29) is 0 Å². The summed E-state index contributed by atoms with van der Waals surface area (Å²) in [4.78, 5) is 0. The molecule has 0 unspecified atom stereocenters. The Morgan fingerprint density at radius 2 is 2.27 bits per heavy atom. The molecule has 0 radical (unpaired) electrons. The molecular weight excluding hydrogens is 208 g/mol. The quantitative estimate of drug-likeness (QED) is 0.585. The molecule has 0 fully saturated rings. The van der Waals surface area contributed by atoms with Crippen LogP contribution in [0.4, 0.5) is 5.69 Å². The summed E-state index contributed by atoms with van der Waals surface area (Å²) in [6, 6.07) is 5.60. The molecule has 0 aliphatic rings. The van der Waals surface area contributed by atoms with E-state index in [1.165, 1.54) is 0 Å². The number of ether oxygens (including phenoxy) is 1. The number of nitrogens with one attached hydrogen (secondary N) is 1. The molecule has 0 aliphatic heterocycles. The van der Waals surface area contributed by atoms with Crippen LogP contribution in [0.5, 0.6) is 5.75 Å². The first kappa shape index (κ1) is 8.36. The Labute approximate surface area is 73.6 Å². The van der Waals surface area contributed by atoms with Crippen molar-refractivity contribution in [2.45, 2.75) is 0 Å². The van der Waals surface area contributed by atoms with Crippen LogP contribution in [0.25, 0.3) is 0 Å². The van der Waals surface area contributed by atoms with Crippen LogP contribution in [0.2, 0.25) is 0 Å². The van der Waals surface area contributed by atoms with E-state index in [2.05, 4.69) is 21.4 Å². The Bertz CT molecular complexity index is 252. The second-order valence-electron chi connectivity index (χ2n) is 1.96. The minimum atomic E-state index is 0.724. The summed E-state index contributed by atoms with van der Waals surface area (Å²) < 4.78 is 5.93. The highest BCUT2D eigenvalue weighted by Gasteiger charge is 2.03. The fourth-order valence-corrected chi connectivity index (χ4v) is 1.28. The van der Waals surface area contributed by atoms with Crippen LogP contribution in [0.1, 0.15) is 0 Å². The van der Waals surface area contributed by atoms with Crippen LogP contribution in [0, 0.1) is 0 Å². The molecule has 11 heavy (non-hydrogen) atoms. The lowest BCUT2D eigenvalue weighted by atomic mass is 10.3. The highest BCUT2D eigenvalue weighted by Crippen LogP contribution is 2.30. The number of rotatable bonds is 2. The number of anilines is 1. The van der Waals surface area contributed by atoms with Gasteiger partial charge in [0.1, 0.15) is 11.4 Å². The van der Waals surface area contributed by atoms with Gasteiger partial charge in [-0.15, -0.1) is 0 Å². The van der Waals surface area contributed by atoms with Crippen molar-refractivity contribution in [3.63, 3.8) is 0 Å². The summed E-state index contributed by atoms with van der Waals surface area (Å²) in [5.41, 5.74) is 3.30. The number of methoxy groups -OCH3 is 1. The van der Waals surface area contributed by atoms with Gasteiger partial charge in [0.15, 0.2) is 0 Å². The molecule has 0 amide bonds. The normalized spacial score (nSPS) is 9.36. The topological polar surface area (TPSA) is 47.3 Å². The maximum absolute atomic E-state index is 5.27. The summed E-state index contributed by atoms with van der Waals surface area (Å²) in [6.07, 6.45) is 0. The Morgan fingerprint density at radius 1 is 1.55 bits per heavy atom. The fraction of sp³-hybridized carbons (Fsp3) is 0.143. The third kappa shape index (κ3) is 1.64. The second kappa shape index (κ2) is 3.59. The fourth-order valence-electron chi connectivity index (χ4n) is 0.815. The first-order valence-corrected chi connectivity index (χ1v) is 3.88. The molecule has 0 saturated carbocycles. The first-order chi connectivity index (χ1) is 5.29. The lowest BCUT2D eigenvalue weighted by Crippen LogP contribution is -2.08.